The molecule has 10 heteroatoms. The van der Waals surface area contributed by atoms with E-state index >= 15 is 0 Å². The highest BCUT2D eigenvalue weighted by molar-refractivity contribution is 5.94. The van der Waals surface area contributed by atoms with E-state index in [0.717, 1.165) is 11.1 Å². The molecule has 0 spiro atoms. The lowest BCUT2D eigenvalue weighted by atomic mass is 9.98. The average Bonchev–Trinajstić information content (AvgIpc) is 3.31. The quantitative estimate of drug-likeness (QED) is 0.533. The first kappa shape index (κ1) is 30.0. The third-order valence-electron chi connectivity index (χ3n) is 7.42. The van der Waals surface area contributed by atoms with Crippen LogP contribution in [0.2, 0.25) is 0 Å². The molecule has 0 bridgehead atoms. The molecule has 220 valence electrons. The van der Waals surface area contributed by atoms with Gasteiger partial charge in [-0.1, -0.05) is 60.7 Å². The standard InChI is InChI=1S/C31H40N4O6/c1-20(34(5)30(39)41-31(2,3)4)27(36)32-23-18-19-40-25-17-16-24(35(25)29(23)38)28(37)33-26(21-12-8-6-9-13-21)22-14-10-7-11-15-22/h6-15,20,23-26H,16-19H2,1-5H3,(H,32,36)(H,33,37)/t20-,23-,24+,25-/m0/s1. The van der Waals surface area contributed by atoms with Crippen LogP contribution in [0.4, 0.5) is 4.79 Å². The molecule has 41 heavy (non-hydrogen) atoms. The molecule has 0 aromatic heterocycles. The molecule has 4 rings (SSSR count). The number of nitrogens with one attached hydrogen (secondary N) is 2. The number of nitrogens with zero attached hydrogens (tertiary/aromatic N) is 2. The summed E-state index contributed by atoms with van der Waals surface area (Å²) in [7, 11) is 1.48. The molecule has 4 amide bonds. The van der Waals surface area contributed by atoms with Crippen LogP contribution in [0.3, 0.4) is 0 Å². The van der Waals surface area contributed by atoms with E-state index in [-0.39, 0.29) is 24.8 Å². The van der Waals surface area contributed by atoms with E-state index in [1.54, 1.807) is 27.7 Å². The molecule has 2 aliphatic rings. The second-order valence-electron chi connectivity index (χ2n) is 11.5. The second-order valence-corrected chi connectivity index (χ2v) is 11.5. The van der Waals surface area contributed by atoms with Gasteiger partial charge in [-0.3, -0.25) is 19.3 Å². The lowest BCUT2D eigenvalue weighted by molar-refractivity contribution is -0.149. The van der Waals surface area contributed by atoms with Gasteiger partial charge in [-0.15, -0.1) is 0 Å². The molecule has 2 heterocycles. The van der Waals surface area contributed by atoms with E-state index in [0.29, 0.717) is 12.8 Å². The van der Waals surface area contributed by atoms with Crippen LogP contribution >= 0.6 is 0 Å². The van der Waals surface area contributed by atoms with E-state index in [4.69, 9.17) is 9.47 Å². The number of benzene rings is 2. The predicted molar refractivity (Wildman–Crippen MR) is 152 cm³/mol. The summed E-state index contributed by atoms with van der Waals surface area (Å²) in [4.78, 5) is 55.7. The summed E-state index contributed by atoms with van der Waals surface area (Å²) in [6.45, 7) is 7.05. The Labute approximate surface area is 241 Å². The summed E-state index contributed by atoms with van der Waals surface area (Å²) in [5.41, 5.74) is 1.14. The first-order valence-electron chi connectivity index (χ1n) is 14.1. The molecule has 2 N–H and O–H groups in total. The van der Waals surface area contributed by atoms with Gasteiger partial charge in [-0.05, 0) is 51.7 Å². The summed E-state index contributed by atoms with van der Waals surface area (Å²) < 4.78 is 11.3. The lowest BCUT2D eigenvalue weighted by Crippen LogP contribution is -2.57. The van der Waals surface area contributed by atoms with Crippen LogP contribution in [0.15, 0.2) is 60.7 Å². The highest BCUT2D eigenvalue weighted by Crippen LogP contribution is 2.30. The zero-order chi connectivity index (χ0) is 29.7. The first-order chi connectivity index (χ1) is 19.5. The van der Waals surface area contributed by atoms with Gasteiger partial charge in [-0.2, -0.15) is 0 Å². The molecule has 0 saturated carbocycles. The summed E-state index contributed by atoms with van der Waals surface area (Å²) in [6, 6.07) is 16.4. The number of hydrogen-bond acceptors (Lipinski definition) is 6. The highest BCUT2D eigenvalue weighted by Gasteiger charge is 2.46. The van der Waals surface area contributed by atoms with Crippen molar-refractivity contribution in [3.63, 3.8) is 0 Å². The van der Waals surface area contributed by atoms with Crippen molar-refractivity contribution in [2.45, 2.75) is 83.0 Å². The monoisotopic (exact) mass is 564 g/mol. The van der Waals surface area contributed by atoms with Gasteiger partial charge in [0, 0.05) is 13.5 Å². The molecule has 2 aliphatic heterocycles. The zero-order valence-electron chi connectivity index (χ0n) is 24.3. The molecule has 10 nitrogen and oxygen atoms in total. The van der Waals surface area contributed by atoms with Crippen LogP contribution in [0.5, 0.6) is 0 Å². The van der Waals surface area contributed by atoms with Crippen molar-refractivity contribution in [3.05, 3.63) is 71.8 Å². The van der Waals surface area contributed by atoms with Gasteiger partial charge in [0.2, 0.25) is 17.7 Å². The van der Waals surface area contributed by atoms with Gasteiger partial charge in [0.15, 0.2) is 0 Å². The maximum Gasteiger partial charge on any atom is 0.410 e. The Hall–Kier alpha value is -3.92. The second kappa shape index (κ2) is 12.7. The fraction of sp³-hybridized carbons (Fsp3) is 0.484. The lowest BCUT2D eigenvalue weighted by Gasteiger charge is -2.32. The van der Waals surface area contributed by atoms with E-state index < -0.39 is 48.0 Å². The van der Waals surface area contributed by atoms with Gasteiger partial charge in [-0.25, -0.2) is 4.79 Å². The third kappa shape index (κ3) is 7.24. The predicted octanol–water partition coefficient (Wildman–Crippen LogP) is 3.37. The Kier molecular flexibility index (Phi) is 9.32. The van der Waals surface area contributed by atoms with E-state index in [1.807, 2.05) is 60.7 Å². The van der Waals surface area contributed by atoms with Crippen molar-refractivity contribution < 1.29 is 28.7 Å². The summed E-state index contributed by atoms with van der Waals surface area (Å²) in [5.74, 6) is -1.16. The fourth-order valence-electron chi connectivity index (χ4n) is 5.10. The number of carbonyl (C=O) groups excluding carboxylic acids is 4. The van der Waals surface area contributed by atoms with E-state index in [2.05, 4.69) is 10.6 Å². The summed E-state index contributed by atoms with van der Waals surface area (Å²) in [5, 5.41) is 5.93. The molecule has 0 radical (unpaired) electrons. The Morgan fingerprint density at radius 1 is 0.976 bits per heavy atom. The smallest absolute Gasteiger partial charge is 0.410 e. The number of hydrogen-bond donors (Lipinski definition) is 2. The Morgan fingerprint density at radius 3 is 2.12 bits per heavy atom. The van der Waals surface area contributed by atoms with Gasteiger partial charge >= 0.3 is 6.09 Å². The number of carbonyl (C=O) groups is 4. The topological polar surface area (TPSA) is 117 Å². The van der Waals surface area contributed by atoms with Crippen molar-refractivity contribution in [3.8, 4) is 0 Å². The van der Waals surface area contributed by atoms with E-state index in [1.165, 1.54) is 16.8 Å². The van der Waals surface area contributed by atoms with Crippen LogP contribution in [-0.4, -0.2) is 77.2 Å². The molecular weight excluding hydrogens is 524 g/mol. The highest BCUT2D eigenvalue weighted by atomic mass is 16.6. The largest absolute Gasteiger partial charge is 0.444 e. The minimum Gasteiger partial charge on any atom is -0.444 e. The van der Waals surface area contributed by atoms with Gasteiger partial charge in [0.1, 0.15) is 30.0 Å². The normalized spacial score (nSPS) is 21.5. The maximum absolute atomic E-state index is 13.8. The van der Waals surface area contributed by atoms with Crippen LogP contribution in [-0.2, 0) is 23.9 Å². The molecule has 2 saturated heterocycles. The Balaban J connectivity index is 1.47. The molecule has 4 atom stereocenters. The number of ether oxygens (including phenoxy) is 2. The van der Waals surface area contributed by atoms with Crippen LogP contribution < -0.4 is 10.6 Å². The van der Waals surface area contributed by atoms with Crippen molar-refractivity contribution in [2.24, 2.45) is 0 Å². The number of fused-ring (bicyclic) bond motifs is 1. The Bertz CT molecular complexity index is 1190. The molecular formula is C31H40N4O6. The van der Waals surface area contributed by atoms with Crippen molar-refractivity contribution >= 4 is 23.8 Å². The van der Waals surface area contributed by atoms with Gasteiger partial charge < -0.3 is 25.0 Å². The third-order valence-corrected chi connectivity index (χ3v) is 7.42. The number of amides is 4. The SMILES string of the molecule is C[C@@H](C(=O)N[C@H]1CCO[C@H]2CC[C@H](C(=O)NC(c3ccccc3)c3ccccc3)N2C1=O)N(C)C(=O)OC(C)(C)C. The molecule has 2 aromatic carbocycles. The fourth-order valence-corrected chi connectivity index (χ4v) is 5.10. The minimum absolute atomic E-state index is 0.249. The van der Waals surface area contributed by atoms with Crippen LogP contribution in [0.25, 0.3) is 0 Å². The van der Waals surface area contributed by atoms with Gasteiger partial charge in [0.05, 0.1) is 12.6 Å². The van der Waals surface area contributed by atoms with Crippen molar-refractivity contribution in [1.82, 2.24) is 20.4 Å². The van der Waals surface area contributed by atoms with Gasteiger partial charge in [0.25, 0.3) is 0 Å². The molecule has 2 aromatic rings. The maximum atomic E-state index is 13.8. The Morgan fingerprint density at radius 2 is 1.56 bits per heavy atom. The summed E-state index contributed by atoms with van der Waals surface area (Å²) in [6.07, 6.45) is 0.0267. The van der Waals surface area contributed by atoms with E-state index in [9.17, 15) is 19.2 Å². The van der Waals surface area contributed by atoms with Crippen LogP contribution in [0, 0.1) is 0 Å². The van der Waals surface area contributed by atoms with Crippen LogP contribution in [0.1, 0.15) is 64.1 Å². The number of likely N-dealkylation sites (N-methyl/N-ethyl adjacent to an activating group) is 1. The zero-order valence-corrected chi connectivity index (χ0v) is 24.3. The molecule has 0 unspecified atom stereocenters. The van der Waals surface area contributed by atoms with Crippen molar-refractivity contribution in [2.75, 3.05) is 13.7 Å². The number of rotatable bonds is 7. The average molecular weight is 565 g/mol. The minimum atomic E-state index is -0.894. The summed E-state index contributed by atoms with van der Waals surface area (Å²) >= 11 is 0. The van der Waals surface area contributed by atoms with Crippen molar-refractivity contribution in [1.29, 1.82) is 0 Å². The first-order valence-corrected chi connectivity index (χ1v) is 14.1. The molecule has 0 aliphatic carbocycles. The molecule has 2 fully saturated rings.